The third-order valence-corrected chi connectivity index (χ3v) is 1.91. The summed E-state index contributed by atoms with van der Waals surface area (Å²) < 4.78 is 37.1. The molecule has 5 heteroatoms. The van der Waals surface area contributed by atoms with Crippen molar-refractivity contribution < 1.29 is 18.3 Å². The van der Waals surface area contributed by atoms with Gasteiger partial charge < -0.3 is 5.11 Å². The highest BCUT2D eigenvalue weighted by Crippen LogP contribution is 2.34. The first-order valence-corrected chi connectivity index (χ1v) is 4.29. The van der Waals surface area contributed by atoms with Crippen LogP contribution in [0.2, 0.25) is 5.02 Å². The van der Waals surface area contributed by atoms with Gasteiger partial charge in [-0.05, 0) is 18.2 Å². The van der Waals surface area contributed by atoms with Crippen molar-refractivity contribution in [3.05, 3.63) is 34.3 Å². The Bertz CT molecular complexity index is 415. The van der Waals surface area contributed by atoms with Crippen LogP contribution in [0.3, 0.4) is 0 Å². The molecule has 1 nitrogen and oxygen atoms in total. The summed E-state index contributed by atoms with van der Waals surface area (Å²) in [6, 6.07) is 3.34. The lowest BCUT2D eigenvalue weighted by Gasteiger charge is -2.08. The molecule has 0 radical (unpaired) electrons. The van der Waals surface area contributed by atoms with E-state index in [4.69, 9.17) is 16.7 Å². The van der Waals surface area contributed by atoms with Crippen LogP contribution in [0, 0.1) is 11.8 Å². The molecule has 1 rings (SSSR count). The Morgan fingerprint density at radius 1 is 1.33 bits per heavy atom. The van der Waals surface area contributed by atoms with Crippen molar-refractivity contribution in [1.29, 1.82) is 0 Å². The Kier molecular flexibility index (Phi) is 3.61. The highest BCUT2D eigenvalue weighted by atomic mass is 35.5. The van der Waals surface area contributed by atoms with Crippen LogP contribution in [-0.2, 0) is 6.18 Å². The summed E-state index contributed by atoms with van der Waals surface area (Å²) in [5.41, 5.74) is -0.755. The lowest BCUT2D eigenvalue weighted by atomic mass is 10.1. The van der Waals surface area contributed by atoms with Crippen LogP contribution in [0.1, 0.15) is 11.1 Å². The summed E-state index contributed by atoms with van der Waals surface area (Å²) in [5.74, 6) is 4.63. The second-order valence-corrected chi connectivity index (χ2v) is 3.06. The zero-order chi connectivity index (χ0) is 11.5. The van der Waals surface area contributed by atoms with E-state index in [1.54, 1.807) is 0 Å². The summed E-state index contributed by atoms with van der Waals surface area (Å²) in [6.45, 7) is -0.399. The minimum absolute atomic E-state index is 0.167. The number of hydrogen-bond acceptors (Lipinski definition) is 1. The second kappa shape index (κ2) is 4.56. The maximum Gasteiger partial charge on any atom is 0.417 e. The van der Waals surface area contributed by atoms with Gasteiger partial charge in [0.25, 0.3) is 0 Å². The zero-order valence-corrected chi connectivity index (χ0v) is 8.15. The van der Waals surface area contributed by atoms with Gasteiger partial charge >= 0.3 is 6.18 Å². The smallest absolute Gasteiger partial charge is 0.384 e. The van der Waals surface area contributed by atoms with Crippen molar-refractivity contribution in [3.63, 3.8) is 0 Å². The molecular formula is C10H6ClF3O. The number of aliphatic hydroxyl groups is 1. The van der Waals surface area contributed by atoms with Crippen molar-refractivity contribution in [1.82, 2.24) is 0 Å². The molecule has 0 atom stereocenters. The summed E-state index contributed by atoms with van der Waals surface area (Å²) in [7, 11) is 0. The number of benzene rings is 1. The largest absolute Gasteiger partial charge is 0.417 e. The SMILES string of the molecule is OCC#Cc1ccc(Cl)c(C(F)(F)F)c1. The quantitative estimate of drug-likeness (QED) is 0.685. The van der Waals surface area contributed by atoms with Gasteiger partial charge in [-0.2, -0.15) is 13.2 Å². The molecule has 1 N–H and O–H groups in total. The third kappa shape index (κ3) is 3.15. The molecule has 0 bridgehead atoms. The highest BCUT2D eigenvalue weighted by molar-refractivity contribution is 6.31. The third-order valence-electron chi connectivity index (χ3n) is 1.58. The topological polar surface area (TPSA) is 20.2 Å². The molecule has 0 amide bonds. The molecule has 1 aromatic carbocycles. The summed E-state index contributed by atoms with van der Waals surface area (Å²) in [6.07, 6.45) is -4.49. The Labute approximate surface area is 89.5 Å². The molecule has 0 aliphatic heterocycles. The van der Waals surface area contributed by atoms with Crippen LogP contribution >= 0.6 is 11.6 Å². The molecule has 0 saturated heterocycles. The van der Waals surface area contributed by atoms with E-state index in [2.05, 4.69) is 11.8 Å². The first-order chi connectivity index (χ1) is 6.95. The van der Waals surface area contributed by atoms with Crippen molar-refractivity contribution >= 4 is 11.6 Å². The molecule has 0 heterocycles. The van der Waals surface area contributed by atoms with E-state index in [1.807, 2.05) is 0 Å². The minimum atomic E-state index is -4.49. The number of hydrogen-bond donors (Lipinski definition) is 1. The fourth-order valence-electron chi connectivity index (χ4n) is 0.962. The Morgan fingerprint density at radius 2 is 2.00 bits per heavy atom. The average molecular weight is 235 g/mol. The molecule has 80 valence electrons. The molecule has 15 heavy (non-hydrogen) atoms. The van der Waals surface area contributed by atoms with Gasteiger partial charge in [-0.25, -0.2) is 0 Å². The summed E-state index contributed by atoms with van der Waals surface area (Å²) in [5, 5.41) is 8.03. The van der Waals surface area contributed by atoms with E-state index in [1.165, 1.54) is 6.07 Å². The number of aliphatic hydroxyl groups excluding tert-OH is 1. The fourth-order valence-corrected chi connectivity index (χ4v) is 1.19. The second-order valence-electron chi connectivity index (χ2n) is 2.65. The Hall–Kier alpha value is -1.18. The summed E-state index contributed by atoms with van der Waals surface area (Å²) >= 11 is 5.40. The predicted octanol–water partition coefficient (Wildman–Crippen LogP) is 2.70. The van der Waals surface area contributed by atoms with E-state index < -0.39 is 18.3 Å². The molecule has 0 spiro atoms. The van der Waals surface area contributed by atoms with Crippen LogP contribution in [0.4, 0.5) is 13.2 Å². The highest BCUT2D eigenvalue weighted by Gasteiger charge is 2.33. The van der Waals surface area contributed by atoms with Crippen LogP contribution in [0.15, 0.2) is 18.2 Å². The molecule has 1 aromatic rings. The molecule has 0 unspecified atom stereocenters. The number of halogens is 4. The standard InChI is InChI=1S/C10H6ClF3O/c11-9-4-3-7(2-1-5-15)6-8(9)10(12,13)14/h3-4,6,15H,5H2. The van der Waals surface area contributed by atoms with Gasteiger partial charge in [0.2, 0.25) is 0 Å². The van der Waals surface area contributed by atoms with Crippen molar-refractivity contribution in [2.75, 3.05) is 6.61 Å². The molecule has 0 aromatic heterocycles. The van der Waals surface area contributed by atoms with Gasteiger partial charge in [-0.15, -0.1) is 0 Å². The van der Waals surface area contributed by atoms with E-state index in [9.17, 15) is 13.2 Å². The van der Waals surface area contributed by atoms with Crippen molar-refractivity contribution in [3.8, 4) is 11.8 Å². The Morgan fingerprint density at radius 3 is 2.53 bits per heavy atom. The average Bonchev–Trinajstić information content (AvgIpc) is 2.15. The van der Waals surface area contributed by atoms with E-state index >= 15 is 0 Å². The normalized spacial score (nSPS) is 10.7. The zero-order valence-electron chi connectivity index (χ0n) is 7.40. The van der Waals surface area contributed by atoms with E-state index in [0.717, 1.165) is 12.1 Å². The van der Waals surface area contributed by atoms with Crippen molar-refractivity contribution in [2.24, 2.45) is 0 Å². The Balaban J connectivity index is 3.17. The first-order valence-electron chi connectivity index (χ1n) is 3.91. The van der Waals surface area contributed by atoms with Gasteiger partial charge in [-0.1, -0.05) is 23.4 Å². The van der Waals surface area contributed by atoms with E-state index in [-0.39, 0.29) is 10.6 Å². The molecule has 0 aliphatic carbocycles. The van der Waals surface area contributed by atoms with E-state index in [0.29, 0.717) is 0 Å². The maximum absolute atomic E-state index is 12.4. The maximum atomic E-state index is 12.4. The van der Waals surface area contributed by atoms with Crippen LogP contribution in [-0.4, -0.2) is 11.7 Å². The minimum Gasteiger partial charge on any atom is -0.384 e. The van der Waals surface area contributed by atoms with Gasteiger partial charge in [0.05, 0.1) is 10.6 Å². The molecule has 0 saturated carbocycles. The number of rotatable bonds is 0. The molecular weight excluding hydrogens is 229 g/mol. The monoisotopic (exact) mass is 234 g/mol. The summed E-state index contributed by atoms with van der Waals surface area (Å²) in [4.78, 5) is 0. The fraction of sp³-hybridized carbons (Fsp3) is 0.200. The van der Waals surface area contributed by atoms with Gasteiger partial charge in [0, 0.05) is 5.56 Å². The molecule has 0 aliphatic rings. The first kappa shape index (κ1) is 11.9. The van der Waals surface area contributed by atoms with Gasteiger partial charge in [0.15, 0.2) is 0 Å². The lowest BCUT2D eigenvalue weighted by Crippen LogP contribution is -2.06. The predicted molar refractivity (Wildman–Crippen MR) is 50.4 cm³/mol. The number of alkyl halides is 3. The molecule has 0 fully saturated rings. The van der Waals surface area contributed by atoms with Gasteiger partial charge in [0.1, 0.15) is 6.61 Å². The van der Waals surface area contributed by atoms with Crippen LogP contribution in [0.5, 0.6) is 0 Å². The van der Waals surface area contributed by atoms with Crippen LogP contribution < -0.4 is 0 Å². The van der Waals surface area contributed by atoms with Crippen molar-refractivity contribution in [2.45, 2.75) is 6.18 Å². The lowest BCUT2D eigenvalue weighted by molar-refractivity contribution is -0.137. The van der Waals surface area contributed by atoms with Gasteiger partial charge in [-0.3, -0.25) is 0 Å². The van der Waals surface area contributed by atoms with Crippen LogP contribution in [0.25, 0.3) is 0 Å².